The molecule has 1 aliphatic carbocycles. The number of nitro benzene ring substituents is 1. The Morgan fingerprint density at radius 3 is 2.84 bits per heavy atom. The van der Waals surface area contributed by atoms with Crippen LogP contribution in [-0.4, -0.2) is 11.0 Å². The first kappa shape index (κ1) is 14.3. The molecule has 1 fully saturated rings. The van der Waals surface area contributed by atoms with Crippen molar-refractivity contribution in [1.82, 2.24) is 0 Å². The number of nitro groups is 1. The molecule has 2 rings (SSSR count). The fourth-order valence-corrected chi connectivity index (χ4v) is 3.14. The number of non-ortho nitro benzene ring substituents is 1. The van der Waals surface area contributed by atoms with Crippen LogP contribution in [-0.2, 0) is 0 Å². The van der Waals surface area contributed by atoms with Gasteiger partial charge in [0.25, 0.3) is 5.69 Å². The van der Waals surface area contributed by atoms with Gasteiger partial charge in [-0.05, 0) is 46.7 Å². The standard InChI is InChI=1S/C14H19BrN2O2/c1-14(2)7-3-4-10(9-14)16-13-8-11(17(18)19)5-6-12(13)15/h5-6,8,10,16H,3-4,7,9H2,1-2H3. The molecule has 4 nitrogen and oxygen atoms in total. The molecule has 104 valence electrons. The lowest BCUT2D eigenvalue weighted by atomic mass is 9.75. The lowest BCUT2D eigenvalue weighted by Gasteiger charge is -2.36. The second-order valence-electron chi connectivity index (χ2n) is 6.02. The predicted octanol–water partition coefficient (Wildman–Crippen LogP) is 4.74. The highest BCUT2D eigenvalue weighted by atomic mass is 79.9. The minimum atomic E-state index is -0.359. The molecule has 0 spiro atoms. The van der Waals surface area contributed by atoms with E-state index in [9.17, 15) is 10.1 Å². The Bertz CT molecular complexity index is 488. The highest BCUT2D eigenvalue weighted by Crippen LogP contribution is 2.37. The monoisotopic (exact) mass is 326 g/mol. The van der Waals surface area contributed by atoms with Crippen LogP contribution in [0.3, 0.4) is 0 Å². The molecule has 0 heterocycles. The molecule has 1 saturated carbocycles. The van der Waals surface area contributed by atoms with Gasteiger partial charge < -0.3 is 5.32 Å². The first-order chi connectivity index (χ1) is 8.87. The zero-order chi connectivity index (χ0) is 14.0. The van der Waals surface area contributed by atoms with Crippen molar-refractivity contribution in [2.24, 2.45) is 5.41 Å². The van der Waals surface area contributed by atoms with Gasteiger partial charge in [-0.15, -0.1) is 0 Å². The highest BCUT2D eigenvalue weighted by Gasteiger charge is 2.28. The van der Waals surface area contributed by atoms with E-state index < -0.39 is 0 Å². The number of halogens is 1. The number of rotatable bonds is 3. The molecule has 0 bridgehead atoms. The lowest BCUT2D eigenvalue weighted by Crippen LogP contribution is -2.31. The highest BCUT2D eigenvalue weighted by molar-refractivity contribution is 9.10. The summed E-state index contributed by atoms with van der Waals surface area (Å²) < 4.78 is 0.876. The van der Waals surface area contributed by atoms with Gasteiger partial charge in [0.15, 0.2) is 0 Å². The van der Waals surface area contributed by atoms with E-state index in [1.54, 1.807) is 12.1 Å². The SMILES string of the molecule is CC1(C)CCCC(Nc2cc([N+](=O)[O-])ccc2Br)C1. The van der Waals surface area contributed by atoms with Crippen molar-refractivity contribution in [2.75, 3.05) is 5.32 Å². The molecule has 5 heteroatoms. The van der Waals surface area contributed by atoms with Gasteiger partial charge >= 0.3 is 0 Å². The van der Waals surface area contributed by atoms with Crippen LogP contribution in [0.2, 0.25) is 0 Å². The third kappa shape index (κ3) is 3.69. The van der Waals surface area contributed by atoms with Gasteiger partial charge in [-0.3, -0.25) is 10.1 Å². The van der Waals surface area contributed by atoms with Crippen LogP contribution in [0.4, 0.5) is 11.4 Å². The predicted molar refractivity (Wildman–Crippen MR) is 80.5 cm³/mol. The van der Waals surface area contributed by atoms with Crippen molar-refractivity contribution in [2.45, 2.75) is 45.6 Å². The Morgan fingerprint density at radius 2 is 2.21 bits per heavy atom. The molecule has 1 unspecified atom stereocenters. The van der Waals surface area contributed by atoms with Gasteiger partial charge in [0.1, 0.15) is 0 Å². The number of benzene rings is 1. The van der Waals surface area contributed by atoms with Crippen LogP contribution in [0.25, 0.3) is 0 Å². The molecule has 1 aromatic carbocycles. The molecule has 19 heavy (non-hydrogen) atoms. The van der Waals surface area contributed by atoms with E-state index >= 15 is 0 Å². The van der Waals surface area contributed by atoms with Gasteiger partial charge in [-0.1, -0.05) is 20.3 Å². The summed E-state index contributed by atoms with van der Waals surface area (Å²) in [6.45, 7) is 4.56. The van der Waals surface area contributed by atoms with Crippen molar-refractivity contribution in [3.8, 4) is 0 Å². The van der Waals surface area contributed by atoms with Crippen LogP contribution < -0.4 is 5.32 Å². The summed E-state index contributed by atoms with van der Waals surface area (Å²) in [5, 5.41) is 14.3. The third-order valence-corrected chi connectivity index (χ3v) is 4.42. The first-order valence-electron chi connectivity index (χ1n) is 6.58. The van der Waals surface area contributed by atoms with E-state index in [0.29, 0.717) is 11.5 Å². The van der Waals surface area contributed by atoms with Crippen molar-refractivity contribution in [1.29, 1.82) is 0 Å². The summed E-state index contributed by atoms with van der Waals surface area (Å²) in [4.78, 5) is 10.5. The maximum Gasteiger partial charge on any atom is 0.271 e. The number of hydrogen-bond acceptors (Lipinski definition) is 3. The van der Waals surface area contributed by atoms with Crippen LogP contribution in [0.15, 0.2) is 22.7 Å². The minimum Gasteiger partial charge on any atom is -0.381 e. The van der Waals surface area contributed by atoms with Crippen molar-refractivity contribution >= 4 is 27.3 Å². The third-order valence-electron chi connectivity index (χ3n) is 3.73. The van der Waals surface area contributed by atoms with Crippen molar-refractivity contribution in [3.63, 3.8) is 0 Å². The van der Waals surface area contributed by atoms with E-state index in [-0.39, 0.29) is 10.6 Å². The molecule has 0 aromatic heterocycles. The fraction of sp³-hybridized carbons (Fsp3) is 0.571. The van der Waals surface area contributed by atoms with E-state index in [2.05, 4.69) is 35.1 Å². The summed E-state index contributed by atoms with van der Waals surface area (Å²) in [6.07, 6.45) is 4.68. The fourth-order valence-electron chi connectivity index (χ4n) is 2.78. The molecule has 0 amide bonds. The molecule has 0 aliphatic heterocycles. The molecule has 1 aromatic rings. The Balaban J connectivity index is 2.14. The number of hydrogen-bond donors (Lipinski definition) is 1. The van der Waals surface area contributed by atoms with E-state index in [1.165, 1.54) is 18.9 Å². The number of anilines is 1. The minimum absolute atomic E-state index is 0.126. The Kier molecular flexibility index (Phi) is 4.13. The number of nitrogens with zero attached hydrogens (tertiary/aromatic N) is 1. The topological polar surface area (TPSA) is 55.2 Å². The molecular weight excluding hydrogens is 308 g/mol. The summed E-state index contributed by atoms with van der Waals surface area (Å²) in [6, 6.07) is 5.24. The van der Waals surface area contributed by atoms with Gasteiger partial charge in [0.2, 0.25) is 0 Å². The second-order valence-corrected chi connectivity index (χ2v) is 6.88. The molecule has 1 aliphatic rings. The van der Waals surface area contributed by atoms with Crippen molar-refractivity contribution in [3.05, 3.63) is 32.8 Å². The summed E-state index contributed by atoms with van der Waals surface area (Å²) in [7, 11) is 0. The van der Waals surface area contributed by atoms with Crippen LogP contribution in [0.1, 0.15) is 39.5 Å². The second kappa shape index (κ2) is 5.49. The van der Waals surface area contributed by atoms with E-state index in [0.717, 1.165) is 23.0 Å². The maximum atomic E-state index is 10.8. The smallest absolute Gasteiger partial charge is 0.271 e. The maximum absolute atomic E-state index is 10.8. The summed E-state index contributed by atoms with van der Waals surface area (Å²) in [5.41, 5.74) is 1.29. The Hall–Kier alpha value is -1.10. The van der Waals surface area contributed by atoms with Gasteiger partial charge in [0.05, 0.1) is 10.6 Å². The zero-order valence-electron chi connectivity index (χ0n) is 11.3. The molecule has 0 saturated heterocycles. The van der Waals surface area contributed by atoms with Gasteiger partial charge in [-0.2, -0.15) is 0 Å². The normalized spacial score (nSPS) is 21.9. The van der Waals surface area contributed by atoms with Gasteiger partial charge in [-0.25, -0.2) is 0 Å². The lowest BCUT2D eigenvalue weighted by molar-refractivity contribution is -0.384. The van der Waals surface area contributed by atoms with E-state index in [1.807, 2.05) is 0 Å². The zero-order valence-corrected chi connectivity index (χ0v) is 12.9. The first-order valence-corrected chi connectivity index (χ1v) is 7.37. The van der Waals surface area contributed by atoms with Crippen LogP contribution >= 0.6 is 15.9 Å². The van der Waals surface area contributed by atoms with Crippen LogP contribution in [0, 0.1) is 15.5 Å². The molecular formula is C14H19BrN2O2. The molecule has 1 atom stereocenters. The quantitative estimate of drug-likeness (QED) is 0.644. The van der Waals surface area contributed by atoms with Crippen LogP contribution in [0.5, 0.6) is 0 Å². The number of nitrogens with one attached hydrogen (secondary N) is 1. The molecule has 1 N–H and O–H groups in total. The molecule has 0 radical (unpaired) electrons. The average Bonchev–Trinajstić information content (AvgIpc) is 2.30. The van der Waals surface area contributed by atoms with Gasteiger partial charge in [0, 0.05) is 22.6 Å². The Morgan fingerprint density at radius 1 is 1.47 bits per heavy atom. The average molecular weight is 327 g/mol. The Labute approximate surface area is 121 Å². The van der Waals surface area contributed by atoms with E-state index in [4.69, 9.17) is 0 Å². The summed E-state index contributed by atoms with van der Waals surface area (Å²) in [5.74, 6) is 0. The summed E-state index contributed by atoms with van der Waals surface area (Å²) >= 11 is 3.45. The largest absolute Gasteiger partial charge is 0.381 e. The van der Waals surface area contributed by atoms with Crippen molar-refractivity contribution < 1.29 is 4.92 Å².